The van der Waals surface area contributed by atoms with Crippen molar-refractivity contribution in [3.63, 3.8) is 0 Å². The maximum Gasteiger partial charge on any atom is 0.258 e. The minimum absolute atomic E-state index is 0.324. The Morgan fingerprint density at radius 3 is 2.94 bits per heavy atom. The van der Waals surface area contributed by atoms with Gasteiger partial charge in [0, 0.05) is 30.6 Å². The molecule has 1 aromatic carbocycles. The molecular weight excluding hydrogens is 220 g/mol. The summed E-state index contributed by atoms with van der Waals surface area (Å²) in [6.45, 7) is 0.515. The molecule has 1 N–H and O–H groups in total. The quantitative estimate of drug-likeness (QED) is 0.477. The number of likely N-dealkylation sites (N-methyl/N-ethyl adjacent to an activating group) is 1. The van der Waals surface area contributed by atoms with Crippen LogP contribution in [0.3, 0.4) is 0 Å². The number of carbonyl (C=O) groups is 1. The molecule has 1 fully saturated rings. The smallest absolute Gasteiger partial charge is 0.258 e. The second kappa shape index (κ2) is 4.08. The van der Waals surface area contributed by atoms with Crippen LogP contribution in [0, 0.1) is 0 Å². The number of amides is 1. The highest BCUT2D eigenvalue weighted by Crippen LogP contribution is 2.34. The largest absolute Gasteiger partial charge is 0.375 e. The summed E-state index contributed by atoms with van der Waals surface area (Å²) in [5.41, 5.74) is 7.72. The highest BCUT2D eigenvalue weighted by molar-refractivity contribution is 5.88. The Labute approximate surface area is 98.1 Å². The van der Waals surface area contributed by atoms with Crippen molar-refractivity contribution in [2.75, 3.05) is 13.6 Å². The molecule has 1 unspecified atom stereocenters. The van der Waals surface area contributed by atoms with Gasteiger partial charge in [0.15, 0.2) is 5.60 Å². The Morgan fingerprint density at radius 1 is 1.59 bits per heavy atom. The lowest BCUT2D eigenvalue weighted by molar-refractivity contribution is -0.143. The van der Waals surface area contributed by atoms with E-state index in [1.807, 2.05) is 0 Å². The maximum atomic E-state index is 11.9. The summed E-state index contributed by atoms with van der Waals surface area (Å²) in [5.74, 6) is -0.324. The predicted molar refractivity (Wildman–Crippen MR) is 61.4 cm³/mol. The zero-order chi connectivity index (χ0) is 12.5. The second-order valence-corrected chi connectivity index (χ2v) is 4.08. The zero-order valence-corrected chi connectivity index (χ0v) is 9.37. The van der Waals surface area contributed by atoms with Crippen molar-refractivity contribution in [1.29, 1.82) is 0 Å². The number of azide groups is 1. The van der Waals surface area contributed by atoms with Crippen LogP contribution in [0.25, 0.3) is 10.4 Å². The van der Waals surface area contributed by atoms with Crippen molar-refractivity contribution in [3.05, 3.63) is 40.3 Å². The van der Waals surface area contributed by atoms with E-state index in [9.17, 15) is 9.90 Å². The molecule has 1 heterocycles. The van der Waals surface area contributed by atoms with Crippen LogP contribution in [0.15, 0.2) is 29.4 Å². The molecule has 1 aromatic rings. The summed E-state index contributed by atoms with van der Waals surface area (Å²) in [7, 11) is 1.65. The van der Waals surface area contributed by atoms with Crippen LogP contribution < -0.4 is 0 Å². The summed E-state index contributed by atoms with van der Waals surface area (Å²) in [6, 6.07) is 6.48. The van der Waals surface area contributed by atoms with E-state index < -0.39 is 5.60 Å². The van der Waals surface area contributed by atoms with E-state index in [0.717, 1.165) is 0 Å². The lowest BCUT2D eigenvalue weighted by Gasteiger charge is -2.21. The summed E-state index contributed by atoms with van der Waals surface area (Å²) in [5, 5.41) is 13.8. The molecule has 0 bridgehead atoms. The van der Waals surface area contributed by atoms with E-state index in [1.54, 1.807) is 25.2 Å². The van der Waals surface area contributed by atoms with Gasteiger partial charge in [0.25, 0.3) is 5.91 Å². The van der Waals surface area contributed by atoms with Crippen LogP contribution in [-0.2, 0) is 10.4 Å². The lowest BCUT2D eigenvalue weighted by atomic mass is 9.92. The SMILES string of the molecule is CN1CCC(O)(c2cccc(N=[N+]=[N-])c2)C1=O. The Bertz CT molecular complexity index is 510. The number of benzene rings is 1. The molecule has 6 nitrogen and oxygen atoms in total. The molecule has 1 amide bonds. The lowest BCUT2D eigenvalue weighted by Crippen LogP contribution is -2.35. The Balaban J connectivity index is 2.43. The van der Waals surface area contributed by atoms with Crippen molar-refractivity contribution >= 4 is 11.6 Å². The molecule has 0 radical (unpaired) electrons. The number of hydrogen-bond acceptors (Lipinski definition) is 3. The van der Waals surface area contributed by atoms with Gasteiger partial charge in [0.2, 0.25) is 0 Å². The molecule has 0 saturated carbocycles. The van der Waals surface area contributed by atoms with Crippen LogP contribution in [-0.4, -0.2) is 29.5 Å². The molecule has 0 spiro atoms. The number of likely N-dealkylation sites (tertiary alicyclic amines) is 1. The van der Waals surface area contributed by atoms with Gasteiger partial charge in [-0.05, 0) is 17.2 Å². The van der Waals surface area contributed by atoms with Gasteiger partial charge in [-0.25, -0.2) is 0 Å². The minimum Gasteiger partial charge on any atom is -0.375 e. The average Bonchev–Trinajstić information content (AvgIpc) is 2.59. The molecule has 0 aromatic heterocycles. The molecule has 6 heteroatoms. The predicted octanol–water partition coefficient (Wildman–Crippen LogP) is 1.68. The fourth-order valence-electron chi connectivity index (χ4n) is 2.00. The topological polar surface area (TPSA) is 89.3 Å². The van der Waals surface area contributed by atoms with Gasteiger partial charge in [0.05, 0.1) is 0 Å². The van der Waals surface area contributed by atoms with Crippen LogP contribution >= 0.6 is 0 Å². The van der Waals surface area contributed by atoms with E-state index in [-0.39, 0.29) is 5.91 Å². The van der Waals surface area contributed by atoms with Crippen molar-refractivity contribution in [3.8, 4) is 0 Å². The highest BCUT2D eigenvalue weighted by atomic mass is 16.3. The van der Waals surface area contributed by atoms with Crippen molar-refractivity contribution in [1.82, 2.24) is 4.90 Å². The van der Waals surface area contributed by atoms with Gasteiger partial charge in [0.1, 0.15) is 0 Å². The molecule has 1 aliphatic heterocycles. The van der Waals surface area contributed by atoms with Crippen molar-refractivity contribution in [2.45, 2.75) is 12.0 Å². The van der Waals surface area contributed by atoms with Crippen LogP contribution in [0.4, 0.5) is 5.69 Å². The van der Waals surface area contributed by atoms with Crippen LogP contribution in [0.1, 0.15) is 12.0 Å². The highest BCUT2D eigenvalue weighted by Gasteiger charge is 2.45. The molecule has 17 heavy (non-hydrogen) atoms. The molecule has 1 aliphatic rings. The van der Waals surface area contributed by atoms with Gasteiger partial charge < -0.3 is 10.0 Å². The molecular formula is C11H12N4O2. The Morgan fingerprint density at radius 2 is 2.35 bits per heavy atom. The van der Waals surface area contributed by atoms with Crippen molar-refractivity contribution in [2.24, 2.45) is 5.11 Å². The first-order chi connectivity index (χ1) is 8.08. The standard InChI is InChI=1S/C11H12N4O2/c1-15-6-5-11(17,10(15)16)8-3-2-4-9(7-8)13-14-12/h2-4,7,17H,5-6H2,1H3. The van der Waals surface area contributed by atoms with Crippen LogP contribution in [0.2, 0.25) is 0 Å². The zero-order valence-electron chi connectivity index (χ0n) is 9.37. The Kier molecular flexibility index (Phi) is 2.75. The Hall–Kier alpha value is -2.04. The number of aliphatic hydroxyl groups is 1. The van der Waals surface area contributed by atoms with E-state index in [0.29, 0.717) is 24.2 Å². The molecule has 2 rings (SSSR count). The number of carbonyl (C=O) groups excluding carboxylic acids is 1. The summed E-state index contributed by atoms with van der Waals surface area (Å²) >= 11 is 0. The minimum atomic E-state index is -1.49. The number of nitrogens with zero attached hydrogens (tertiary/aromatic N) is 4. The number of rotatable bonds is 2. The fourth-order valence-corrected chi connectivity index (χ4v) is 2.00. The molecule has 0 aliphatic carbocycles. The maximum absolute atomic E-state index is 11.9. The average molecular weight is 232 g/mol. The van der Waals surface area contributed by atoms with E-state index in [1.165, 1.54) is 11.0 Å². The van der Waals surface area contributed by atoms with Gasteiger partial charge in [-0.2, -0.15) is 0 Å². The molecule has 1 atom stereocenters. The van der Waals surface area contributed by atoms with Gasteiger partial charge >= 0.3 is 0 Å². The van der Waals surface area contributed by atoms with Gasteiger partial charge in [-0.15, -0.1) is 0 Å². The van der Waals surface area contributed by atoms with Gasteiger partial charge in [-0.1, -0.05) is 23.3 Å². The van der Waals surface area contributed by atoms with Gasteiger partial charge in [-0.3, -0.25) is 4.79 Å². The third-order valence-corrected chi connectivity index (χ3v) is 2.99. The number of hydrogen-bond donors (Lipinski definition) is 1. The van der Waals surface area contributed by atoms with E-state index in [4.69, 9.17) is 5.53 Å². The first-order valence-corrected chi connectivity index (χ1v) is 5.21. The first-order valence-electron chi connectivity index (χ1n) is 5.21. The first kappa shape index (κ1) is 11.4. The molecule has 1 saturated heterocycles. The molecule has 88 valence electrons. The van der Waals surface area contributed by atoms with Crippen LogP contribution in [0.5, 0.6) is 0 Å². The fraction of sp³-hybridized carbons (Fsp3) is 0.364. The second-order valence-electron chi connectivity index (χ2n) is 4.08. The summed E-state index contributed by atoms with van der Waals surface area (Å²) in [6.07, 6.45) is 0.349. The third kappa shape index (κ3) is 1.84. The van der Waals surface area contributed by atoms with E-state index >= 15 is 0 Å². The van der Waals surface area contributed by atoms with Crippen molar-refractivity contribution < 1.29 is 9.90 Å². The van der Waals surface area contributed by atoms with E-state index in [2.05, 4.69) is 10.0 Å². The normalized spacial score (nSPS) is 23.6. The summed E-state index contributed by atoms with van der Waals surface area (Å²) < 4.78 is 0. The monoisotopic (exact) mass is 232 g/mol. The summed E-state index contributed by atoms with van der Waals surface area (Å²) in [4.78, 5) is 16.0. The third-order valence-electron chi connectivity index (χ3n) is 2.99.